The molecule has 0 aromatic carbocycles. The fourth-order valence-corrected chi connectivity index (χ4v) is 3.87. The number of hydrogen-bond donors (Lipinski definition) is 1. The topological polar surface area (TPSA) is 46.9 Å². The molecule has 0 aliphatic carbocycles. The minimum Gasteiger partial charge on any atom is -0.315 e. The van der Waals surface area contributed by atoms with E-state index >= 15 is 0 Å². The molecule has 0 atom stereocenters. The summed E-state index contributed by atoms with van der Waals surface area (Å²) in [6.45, 7) is 4.36. The summed E-state index contributed by atoms with van der Waals surface area (Å²) in [7, 11) is 0. The highest BCUT2D eigenvalue weighted by Crippen LogP contribution is 2.19. The normalized spacial score (nSPS) is 11.3. The maximum absolute atomic E-state index is 12.3. The lowest BCUT2D eigenvalue weighted by Crippen LogP contribution is -2.28. The second-order valence-electron chi connectivity index (χ2n) is 4.92. The van der Waals surface area contributed by atoms with Crippen molar-refractivity contribution < 1.29 is 0 Å². The summed E-state index contributed by atoms with van der Waals surface area (Å²) < 4.78 is 2.45. The zero-order valence-corrected chi connectivity index (χ0v) is 13.5. The summed E-state index contributed by atoms with van der Waals surface area (Å²) in [5, 5.41) is 7.46. The fraction of sp³-hybridized carbons (Fsp3) is 0.333. The van der Waals surface area contributed by atoms with Crippen LogP contribution in [0.1, 0.15) is 10.4 Å². The highest BCUT2D eigenvalue weighted by molar-refractivity contribution is 7.17. The Morgan fingerprint density at radius 1 is 1.33 bits per heavy atom. The van der Waals surface area contributed by atoms with Gasteiger partial charge in [0.1, 0.15) is 4.70 Å². The molecule has 3 heterocycles. The quantitative estimate of drug-likeness (QED) is 0.711. The zero-order chi connectivity index (χ0) is 14.7. The number of nitrogens with zero attached hydrogens (tertiary/aromatic N) is 2. The van der Waals surface area contributed by atoms with Crippen LogP contribution in [0.3, 0.4) is 0 Å². The van der Waals surface area contributed by atoms with Gasteiger partial charge in [0.05, 0.1) is 11.8 Å². The van der Waals surface area contributed by atoms with Crippen molar-refractivity contribution in [2.45, 2.75) is 19.9 Å². The van der Waals surface area contributed by atoms with Crippen LogP contribution in [0.25, 0.3) is 10.2 Å². The van der Waals surface area contributed by atoms with E-state index in [0.29, 0.717) is 6.54 Å². The molecular weight excluding hydrogens is 302 g/mol. The summed E-state index contributed by atoms with van der Waals surface area (Å²) in [4.78, 5) is 18.1. The van der Waals surface area contributed by atoms with Gasteiger partial charge in [-0.15, -0.1) is 22.7 Å². The molecule has 21 heavy (non-hydrogen) atoms. The third kappa shape index (κ3) is 3.23. The first-order valence-corrected chi connectivity index (χ1v) is 8.68. The zero-order valence-electron chi connectivity index (χ0n) is 11.8. The first kappa shape index (κ1) is 14.4. The van der Waals surface area contributed by atoms with Gasteiger partial charge in [0.2, 0.25) is 0 Å². The molecule has 0 bridgehead atoms. The van der Waals surface area contributed by atoms with Crippen LogP contribution in [0.5, 0.6) is 0 Å². The van der Waals surface area contributed by atoms with Gasteiger partial charge in [-0.3, -0.25) is 9.36 Å². The Labute approximate surface area is 131 Å². The standard InChI is InChI=1S/C15H17N3OS2/c1-11-9-21-14-13(11)17-10-18(15(14)19)7-6-16-5-4-12-3-2-8-20-12/h2-3,8-10,16H,4-7H2,1H3. The molecule has 0 saturated carbocycles. The molecule has 0 fully saturated rings. The van der Waals surface area contributed by atoms with E-state index in [1.54, 1.807) is 22.2 Å². The van der Waals surface area contributed by atoms with Gasteiger partial charge in [-0.1, -0.05) is 6.07 Å². The maximum Gasteiger partial charge on any atom is 0.271 e. The summed E-state index contributed by atoms with van der Waals surface area (Å²) in [6.07, 6.45) is 2.69. The minimum atomic E-state index is 0.0677. The SMILES string of the molecule is Cc1csc2c(=O)n(CCNCCc3cccs3)cnc12. The maximum atomic E-state index is 12.3. The molecular formula is C15H17N3OS2. The molecule has 0 radical (unpaired) electrons. The van der Waals surface area contributed by atoms with Crippen LogP contribution in [0.4, 0.5) is 0 Å². The molecule has 0 aliphatic heterocycles. The van der Waals surface area contributed by atoms with Crippen LogP contribution < -0.4 is 10.9 Å². The predicted molar refractivity (Wildman–Crippen MR) is 89.5 cm³/mol. The van der Waals surface area contributed by atoms with E-state index in [4.69, 9.17) is 0 Å². The van der Waals surface area contributed by atoms with Gasteiger partial charge in [0.25, 0.3) is 5.56 Å². The van der Waals surface area contributed by atoms with Gasteiger partial charge in [0, 0.05) is 24.5 Å². The Morgan fingerprint density at radius 3 is 3.05 bits per heavy atom. The smallest absolute Gasteiger partial charge is 0.271 e. The van der Waals surface area contributed by atoms with Gasteiger partial charge in [-0.05, 0) is 35.7 Å². The molecule has 0 amide bonds. The number of hydrogen-bond acceptors (Lipinski definition) is 5. The van der Waals surface area contributed by atoms with Crippen LogP contribution in [0, 0.1) is 6.92 Å². The van der Waals surface area contributed by atoms with Crippen LogP contribution in [-0.2, 0) is 13.0 Å². The number of thiophene rings is 2. The third-order valence-corrected chi connectivity index (χ3v) is 5.39. The van der Waals surface area contributed by atoms with E-state index in [0.717, 1.165) is 35.3 Å². The van der Waals surface area contributed by atoms with Crippen LogP contribution in [0.2, 0.25) is 0 Å². The molecule has 3 aromatic rings. The van der Waals surface area contributed by atoms with Crippen molar-refractivity contribution in [1.29, 1.82) is 0 Å². The first-order valence-electron chi connectivity index (χ1n) is 6.92. The van der Waals surface area contributed by atoms with Crippen molar-refractivity contribution in [2.75, 3.05) is 13.1 Å². The Hall–Kier alpha value is -1.50. The number of rotatable bonds is 6. The van der Waals surface area contributed by atoms with E-state index in [2.05, 4.69) is 27.8 Å². The Bertz CT molecular complexity index is 774. The van der Waals surface area contributed by atoms with E-state index < -0.39 is 0 Å². The molecule has 0 unspecified atom stereocenters. The number of aromatic nitrogens is 2. The molecule has 0 aliphatic rings. The molecule has 4 nitrogen and oxygen atoms in total. The van der Waals surface area contributed by atoms with Crippen molar-refractivity contribution in [2.24, 2.45) is 0 Å². The molecule has 0 saturated heterocycles. The van der Waals surface area contributed by atoms with Gasteiger partial charge in [-0.25, -0.2) is 4.98 Å². The predicted octanol–water partition coefficient (Wildman–Crippen LogP) is 2.66. The van der Waals surface area contributed by atoms with Crippen molar-refractivity contribution >= 4 is 32.9 Å². The second-order valence-corrected chi connectivity index (χ2v) is 6.83. The monoisotopic (exact) mass is 319 g/mol. The van der Waals surface area contributed by atoms with Gasteiger partial charge in [-0.2, -0.15) is 0 Å². The van der Waals surface area contributed by atoms with Gasteiger partial charge < -0.3 is 5.32 Å². The third-order valence-electron chi connectivity index (χ3n) is 3.38. The van der Waals surface area contributed by atoms with Crippen molar-refractivity contribution in [3.8, 4) is 0 Å². The van der Waals surface area contributed by atoms with Crippen LogP contribution in [0.15, 0.2) is 34.0 Å². The number of aryl methyl sites for hydroxylation is 1. The van der Waals surface area contributed by atoms with Crippen molar-refractivity contribution in [1.82, 2.24) is 14.9 Å². The number of fused-ring (bicyclic) bond motifs is 1. The lowest BCUT2D eigenvalue weighted by molar-refractivity contribution is 0.584. The molecule has 6 heteroatoms. The van der Waals surface area contributed by atoms with E-state index in [-0.39, 0.29) is 5.56 Å². The molecule has 3 rings (SSSR count). The van der Waals surface area contributed by atoms with E-state index in [1.807, 2.05) is 12.3 Å². The molecule has 3 aromatic heterocycles. The van der Waals surface area contributed by atoms with Crippen molar-refractivity contribution in [3.63, 3.8) is 0 Å². The first-order chi connectivity index (χ1) is 10.3. The molecule has 110 valence electrons. The average Bonchev–Trinajstić information content (AvgIpc) is 3.11. The highest BCUT2D eigenvalue weighted by Gasteiger charge is 2.07. The summed E-state index contributed by atoms with van der Waals surface area (Å²) in [5.41, 5.74) is 1.98. The van der Waals surface area contributed by atoms with Gasteiger partial charge >= 0.3 is 0 Å². The summed E-state index contributed by atoms with van der Waals surface area (Å²) >= 11 is 3.26. The van der Waals surface area contributed by atoms with Crippen LogP contribution in [-0.4, -0.2) is 22.6 Å². The largest absolute Gasteiger partial charge is 0.315 e. The van der Waals surface area contributed by atoms with E-state index in [9.17, 15) is 4.79 Å². The minimum absolute atomic E-state index is 0.0677. The fourth-order valence-electron chi connectivity index (χ4n) is 2.21. The Balaban J connectivity index is 1.56. The highest BCUT2D eigenvalue weighted by atomic mass is 32.1. The lowest BCUT2D eigenvalue weighted by Gasteiger charge is -2.06. The van der Waals surface area contributed by atoms with Gasteiger partial charge in [0.15, 0.2) is 0 Å². The molecule has 0 spiro atoms. The summed E-state index contributed by atoms with van der Waals surface area (Å²) in [6, 6.07) is 4.22. The van der Waals surface area contributed by atoms with E-state index in [1.165, 1.54) is 16.2 Å². The van der Waals surface area contributed by atoms with Crippen LogP contribution >= 0.6 is 22.7 Å². The second kappa shape index (κ2) is 6.51. The summed E-state index contributed by atoms with van der Waals surface area (Å²) in [5.74, 6) is 0. The Morgan fingerprint density at radius 2 is 2.24 bits per heavy atom. The Kier molecular flexibility index (Phi) is 4.48. The lowest BCUT2D eigenvalue weighted by atomic mass is 10.3. The average molecular weight is 319 g/mol. The van der Waals surface area contributed by atoms with Crippen molar-refractivity contribution in [3.05, 3.63) is 50.0 Å². The molecule has 1 N–H and O–H groups in total. The number of nitrogens with one attached hydrogen (secondary N) is 1.